The highest BCUT2D eigenvalue weighted by Gasteiger charge is 2.06. The van der Waals surface area contributed by atoms with Gasteiger partial charge < -0.3 is 15.4 Å². The standard InChI is InChI=1S/C19H19ClN4OS/c1-2-25-18-9-4-3-8-17(18)23-19(26)22-16-7-5-6-14(10-16)12-24-13-15(20)11-21-24/h3-11,13H,2,12H2,1H3,(H2,22,23,26). The van der Waals surface area contributed by atoms with Crippen LogP contribution in [0.3, 0.4) is 0 Å². The molecule has 7 heteroatoms. The van der Waals surface area contributed by atoms with Crippen molar-refractivity contribution in [3.63, 3.8) is 0 Å². The van der Waals surface area contributed by atoms with Crippen LogP contribution in [-0.4, -0.2) is 21.5 Å². The van der Waals surface area contributed by atoms with Gasteiger partial charge in [-0.25, -0.2) is 0 Å². The lowest BCUT2D eigenvalue weighted by molar-refractivity contribution is 0.342. The van der Waals surface area contributed by atoms with Crippen molar-refractivity contribution in [1.29, 1.82) is 0 Å². The molecule has 0 radical (unpaired) electrons. The maximum absolute atomic E-state index is 5.91. The summed E-state index contributed by atoms with van der Waals surface area (Å²) in [6.07, 6.45) is 3.41. The largest absolute Gasteiger partial charge is 0.492 e. The Hall–Kier alpha value is -2.57. The molecule has 5 nitrogen and oxygen atoms in total. The predicted octanol–water partition coefficient (Wildman–Crippen LogP) is 4.79. The van der Waals surface area contributed by atoms with Crippen LogP contribution in [-0.2, 0) is 6.54 Å². The van der Waals surface area contributed by atoms with Crippen LogP contribution in [0, 0.1) is 0 Å². The first-order valence-electron chi connectivity index (χ1n) is 8.21. The second-order valence-corrected chi connectivity index (χ2v) is 6.41. The number of para-hydroxylation sites is 2. The minimum Gasteiger partial charge on any atom is -0.492 e. The van der Waals surface area contributed by atoms with E-state index in [0.717, 1.165) is 22.7 Å². The molecular formula is C19H19ClN4OS. The third-order valence-electron chi connectivity index (χ3n) is 3.57. The third kappa shape index (κ3) is 4.97. The summed E-state index contributed by atoms with van der Waals surface area (Å²) < 4.78 is 7.39. The number of thiocarbonyl (C=S) groups is 1. The Bertz CT molecular complexity index is 897. The van der Waals surface area contributed by atoms with E-state index in [1.165, 1.54) is 0 Å². The fourth-order valence-corrected chi connectivity index (χ4v) is 2.88. The number of ether oxygens (including phenoxy) is 1. The lowest BCUT2D eigenvalue weighted by Gasteiger charge is -2.14. The van der Waals surface area contributed by atoms with E-state index in [0.29, 0.717) is 23.3 Å². The Morgan fingerprint density at radius 1 is 1.19 bits per heavy atom. The monoisotopic (exact) mass is 386 g/mol. The van der Waals surface area contributed by atoms with Crippen molar-refractivity contribution in [3.8, 4) is 5.75 Å². The zero-order valence-electron chi connectivity index (χ0n) is 14.3. The molecule has 0 fully saturated rings. The molecule has 134 valence electrons. The van der Waals surface area contributed by atoms with Crippen LogP contribution in [0.25, 0.3) is 0 Å². The van der Waals surface area contributed by atoms with Gasteiger partial charge in [0.1, 0.15) is 5.75 Å². The first-order valence-corrected chi connectivity index (χ1v) is 8.99. The quantitative estimate of drug-likeness (QED) is 0.596. The van der Waals surface area contributed by atoms with Crippen molar-refractivity contribution < 1.29 is 4.74 Å². The van der Waals surface area contributed by atoms with Gasteiger partial charge in [0, 0.05) is 11.9 Å². The number of halogens is 1. The molecule has 0 aliphatic carbocycles. The first kappa shape index (κ1) is 18.2. The van der Waals surface area contributed by atoms with Gasteiger partial charge in [0.15, 0.2) is 5.11 Å². The maximum atomic E-state index is 5.91. The van der Waals surface area contributed by atoms with Crippen molar-refractivity contribution in [2.45, 2.75) is 13.5 Å². The lowest BCUT2D eigenvalue weighted by atomic mass is 10.2. The summed E-state index contributed by atoms with van der Waals surface area (Å²) in [6, 6.07) is 15.7. The highest BCUT2D eigenvalue weighted by Crippen LogP contribution is 2.24. The fraction of sp³-hybridized carbons (Fsp3) is 0.158. The maximum Gasteiger partial charge on any atom is 0.175 e. The van der Waals surface area contributed by atoms with E-state index in [1.807, 2.05) is 55.5 Å². The fourth-order valence-electron chi connectivity index (χ4n) is 2.50. The summed E-state index contributed by atoms with van der Waals surface area (Å²) in [4.78, 5) is 0. The number of hydrogen-bond donors (Lipinski definition) is 2. The predicted molar refractivity (Wildman–Crippen MR) is 110 cm³/mol. The van der Waals surface area contributed by atoms with Crippen molar-refractivity contribution in [2.24, 2.45) is 0 Å². The van der Waals surface area contributed by atoms with Gasteiger partial charge in [-0.05, 0) is 49.0 Å². The van der Waals surface area contributed by atoms with Crippen LogP contribution < -0.4 is 15.4 Å². The lowest BCUT2D eigenvalue weighted by Crippen LogP contribution is -2.19. The van der Waals surface area contributed by atoms with E-state index in [-0.39, 0.29) is 0 Å². The van der Waals surface area contributed by atoms with E-state index >= 15 is 0 Å². The molecule has 1 heterocycles. The summed E-state index contributed by atoms with van der Waals surface area (Å²) in [5.41, 5.74) is 2.81. The molecule has 0 atom stereocenters. The SMILES string of the molecule is CCOc1ccccc1NC(=S)Nc1cccc(Cn2cc(Cl)cn2)c1. The smallest absolute Gasteiger partial charge is 0.175 e. The highest BCUT2D eigenvalue weighted by molar-refractivity contribution is 7.80. The van der Waals surface area contributed by atoms with E-state index in [1.54, 1.807) is 17.1 Å². The Balaban J connectivity index is 1.65. The van der Waals surface area contributed by atoms with E-state index in [4.69, 9.17) is 28.6 Å². The summed E-state index contributed by atoms with van der Waals surface area (Å²) >= 11 is 11.3. The number of nitrogens with one attached hydrogen (secondary N) is 2. The van der Waals surface area contributed by atoms with Crippen LogP contribution in [0.2, 0.25) is 5.02 Å². The average Bonchev–Trinajstić information content (AvgIpc) is 3.02. The number of anilines is 2. The topological polar surface area (TPSA) is 51.1 Å². The zero-order chi connectivity index (χ0) is 18.4. The van der Waals surface area contributed by atoms with Gasteiger partial charge in [0.25, 0.3) is 0 Å². The summed E-state index contributed by atoms with van der Waals surface area (Å²) in [7, 11) is 0. The number of aromatic nitrogens is 2. The molecule has 26 heavy (non-hydrogen) atoms. The Kier molecular flexibility index (Phi) is 6.09. The zero-order valence-corrected chi connectivity index (χ0v) is 15.8. The van der Waals surface area contributed by atoms with Crippen molar-refractivity contribution in [2.75, 3.05) is 17.2 Å². The molecular weight excluding hydrogens is 368 g/mol. The van der Waals surface area contributed by atoms with Gasteiger partial charge >= 0.3 is 0 Å². The minimum atomic E-state index is 0.497. The molecule has 0 unspecified atom stereocenters. The molecule has 0 bridgehead atoms. The van der Waals surface area contributed by atoms with Gasteiger partial charge in [-0.2, -0.15) is 5.10 Å². The van der Waals surface area contributed by atoms with E-state index < -0.39 is 0 Å². The van der Waals surface area contributed by atoms with Gasteiger partial charge in [-0.3, -0.25) is 4.68 Å². The molecule has 0 spiro atoms. The summed E-state index contributed by atoms with van der Waals surface area (Å²) in [6.45, 7) is 3.18. The van der Waals surface area contributed by atoms with Crippen LogP contribution in [0.1, 0.15) is 12.5 Å². The molecule has 0 amide bonds. The van der Waals surface area contributed by atoms with Crippen molar-refractivity contribution in [3.05, 3.63) is 71.5 Å². The van der Waals surface area contributed by atoms with Gasteiger partial charge in [0.05, 0.1) is 30.1 Å². The van der Waals surface area contributed by atoms with Crippen LogP contribution in [0.15, 0.2) is 60.9 Å². The Labute approximate surface area is 162 Å². The Morgan fingerprint density at radius 3 is 2.81 bits per heavy atom. The molecule has 3 aromatic rings. The van der Waals surface area contributed by atoms with Crippen LogP contribution in [0.5, 0.6) is 5.75 Å². The second kappa shape index (κ2) is 8.69. The van der Waals surface area contributed by atoms with Crippen molar-refractivity contribution >= 4 is 40.3 Å². The van der Waals surface area contributed by atoms with Crippen LogP contribution >= 0.6 is 23.8 Å². The molecule has 3 rings (SSSR count). The van der Waals surface area contributed by atoms with Crippen LogP contribution in [0.4, 0.5) is 11.4 Å². The molecule has 0 saturated heterocycles. The Morgan fingerprint density at radius 2 is 2.04 bits per heavy atom. The molecule has 2 N–H and O–H groups in total. The molecule has 0 aliphatic heterocycles. The number of nitrogens with zero attached hydrogens (tertiary/aromatic N) is 2. The molecule has 1 aromatic heterocycles. The number of benzene rings is 2. The molecule has 0 aliphatic rings. The number of hydrogen-bond acceptors (Lipinski definition) is 3. The molecule has 2 aromatic carbocycles. The normalized spacial score (nSPS) is 10.4. The number of rotatable bonds is 6. The van der Waals surface area contributed by atoms with Gasteiger partial charge in [-0.15, -0.1) is 0 Å². The van der Waals surface area contributed by atoms with E-state index in [9.17, 15) is 0 Å². The summed E-state index contributed by atoms with van der Waals surface area (Å²) in [5, 5.41) is 11.7. The third-order valence-corrected chi connectivity index (χ3v) is 3.97. The van der Waals surface area contributed by atoms with Gasteiger partial charge in [0.2, 0.25) is 0 Å². The highest BCUT2D eigenvalue weighted by atomic mass is 35.5. The minimum absolute atomic E-state index is 0.497. The average molecular weight is 387 g/mol. The van der Waals surface area contributed by atoms with Crippen molar-refractivity contribution in [1.82, 2.24) is 9.78 Å². The first-order chi connectivity index (χ1) is 12.6. The van der Waals surface area contributed by atoms with Gasteiger partial charge in [-0.1, -0.05) is 35.9 Å². The summed E-state index contributed by atoms with van der Waals surface area (Å²) in [5.74, 6) is 0.767. The molecule has 0 saturated carbocycles. The van der Waals surface area contributed by atoms with E-state index in [2.05, 4.69) is 15.7 Å². The second-order valence-electron chi connectivity index (χ2n) is 5.56.